The maximum Gasteiger partial charge on any atom is 0.412 e. The van der Waals surface area contributed by atoms with E-state index in [0.29, 0.717) is 38.0 Å². The molecule has 0 radical (unpaired) electrons. The highest BCUT2D eigenvalue weighted by atomic mass is 32.1. The van der Waals surface area contributed by atoms with Crippen molar-refractivity contribution in [2.24, 2.45) is 0 Å². The molecule has 40 heavy (non-hydrogen) atoms. The molecule has 1 N–H and O–H groups in total. The molecule has 4 heterocycles. The Bertz CT molecular complexity index is 1700. The van der Waals surface area contributed by atoms with Crippen molar-refractivity contribution in [2.75, 3.05) is 19.5 Å². The Hall–Kier alpha value is -4.72. The van der Waals surface area contributed by atoms with Crippen molar-refractivity contribution in [3.63, 3.8) is 0 Å². The number of rotatable bonds is 8. The van der Waals surface area contributed by atoms with Gasteiger partial charge in [0.05, 0.1) is 49.5 Å². The summed E-state index contributed by atoms with van der Waals surface area (Å²) >= 11 is 1.27. The predicted molar refractivity (Wildman–Crippen MR) is 145 cm³/mol. The molecular weight excluding hydrogens is 541 g/mol. The van der Waals surface area contributed by atoms with Gasteiger partial charge < -0.3 is 18.9 Å². The molecule has 0 saturated carbocycles. The van der Waals surface area contributed by atoms with Gasteiger partial charge in [-0.3, -0.25) is 5.32 Å². The normalized spacial score (nSPS) is 12.7. The molecule has 12 nitrogen and oxygen atoms in total. The molecular formula is C26H24FN7O5S. The zero-order valence-corrected chi connectivity index (χ0v) is 22.9. The number of nitrogens with zero attached hydrogens (tertiary/aromatic N) is 6. The lowest BCUT2D eigenvalue weighted by molar-refractivity contribution is 0.0379. The molecule has 0 fully saturated rings. The van der Waals surface area contributed by atoms with Gasteiger partial charge in [-0.2, -0.15) is 4.98 Å². The summed E-state index contributed by atoms with van der Waals surface area (Å²) in [5.41, 5.74) is 3.69. The Balaban J connectivity index is 1.32. The quantitative estimate of drug-likeness (QED) is 0.273. The van der Waals surface area contributed by atoms with Gasteiger partial charge in [0.15, 0.2) is 5.82 Å². The number of methoxy groups -OCH3 is 2. The van der Waals surface area contributed by atoms with Crippen LogP contribution in [-0.2, 0) is 4.74 Å². The van der Waals surface area contributed by atoms with Gasteiger partial charge in [-0.1, -0.05) is 11.3 Å². The number of halogens is 1. The first-order valence-corrected chi connectivity index (χ1v) is 12.8. The van der Waals surface area contributed by atoms with Crippen LogP contribution in [0.5, 0.6) is 17.8 Å². The minimum absolute atomic E-state index is 0.162. The summed E-state index contributed by atoms with van der Waals surface area (Å²) in [6, 6.07) is 5.27. The highest BCUT2D eigenvalue weighted by molar-refractivity contribution is 7.21. The summed E-state index contributed by atoms with van der Waals surface area (Å²) in [5.74, 6) is -0.520. The first-order chi connectivity index (χ1) is 19.2. The van der Waals surface area contributed by atoms with E-state index in [9.17, 15) is 9.18 Å². The van der Waals surface area contributed by atoms with Crippen LogP contribution in [0, 0.1) is 12.7 Å². The number of amides is 1. The van der Waals surface area contributed by atoms with Crippen LogP contribution in [0.3, 0.4) is 0 Å². The summed E-state index contributed by atoms with van der Waals surface area (Å²) in [4.78, 5) is 38.5. The standard InChI is InChI=1S/C26H24FN7O5S/c1-12-6-16(21-18(7-12)32-20(36-4)11-28-21)23-33-19-8-17(27)22(34-24(19)40-23)38-13(2)14(3)39-26(35)31-15-9-29-25(37-5)30-10-15/h6-11,13-14H,1-5H3,(H,31,35)/t13-,14+/m0/s1. The average Bonchev–Trinajstić information content (AvgIpc) is 3.35. The third kappa shape index (κ3) is 5.66. The molecule has 0 spiro atoms. The maximum absolute atomic E-state index is 15.0. The third-order valence-corrected chi connectivity index (χ3v) is 6.82. The van der Waals surface area contributed by atoms with Gasteiger partial charge in [-0.05, 0) is 38.5 Å². The van der Waals surface area contributed by atoms with Crippen LogP contribution < -0.4 is 19.5 Å². The van der Waals surface area contributed by atoms with Crippen LogP contribution in [0.15, 0.2) is 36.8 Å². The molecule has 0 saturated heterocycles. The molecule has 0 aliphatic rings. The number of carbonyl (C=O) groups is 1. The number of carbonyl (C=O) groups excluding carboxylic acids is 1. The molecule has 5 aromatic rings. The molecule has 0 aliphatic carbocycles. The first kappa shape index (κ1) is 26.9. The van der Waals surface area contributed by atoms with Crippen molar-refractivity contribution < 1.29 is 28.1 Å². The van der Waals surface area contributed by atoms with Crippen LogP contribution in [0.2, 0.25) is 0 Å². The monoisotopic (exact) mass is 565 g/mol. The molecule has 0 aliphatic heterocycles. The van der Waals surface area contributed by atoms with Gasteiger partial charge >= 0.3 is 12.1 Å². The van der Waals surface area contributed by atoms with E-state index in [-0.39, 0.29) is 11.9 Å². The fourth-order valence-electron chi connectivity index (χ4n) is 3.70. The van der Waals surface area contributed by atoms with E-state index >= 15 is 0 Å². The summed E-state index contributed by atoms with van der Waals surface area (Å²) in [6.07, 6.45) is 2.06. The Morgan fingerprint density at radius 1 is 0.950 bits per heavy atom. The highest BCUT2D eigenvalue weighted by Crippen LogP contribution is 2.35. The Kier molecular flexibility index (Phi) is 7.51. The van der Waals surface area contributed by atoms with Crippen molar-refractivity contribution in [3.05, 3.63) is 48.2 Å². The minimum Gasteiger partial charge on any atom is -0.480 e. The molecule has 1 amide bonds. The minimum atomic E-state index is -0.751. The number of thiazole rings is 1. The van der Waals surface area contributed by atoms with Gasteiger partial charge in [-0.25, -0.2) is 34.1 Å². The highest BCUT2D eigenvalue weighted by Gasteiger charge is 2.23. The predicted octanol–water partition coefficient (Wildman–Crippen LogP) is 4.96. The van der Waals surface area contributed by atoms with Gasteiger partial charge in [0.2, 0.25) is 5.88 Å². The maximum atomic E-state index is 15.0. The zero-order chi connectivity index (χ0) is 28.4. The van der Waals surface area contributed by atoms with E-state index < -0.39 is 24.1 Å². The number of fused-ring (bicyclic) bond motifs is 2. The molecule has 0 bridgehead atoms. The third-order valence-electron chi connectivity index (χ3n) is 5.82. The van der Waals surface area contributed by atoms with Crippen LogP contribution in [0.1, 0.15) is 19.4 Å². The number of hydrogen-bond donors (Lipinski definition) is 1. The summed E-state index contributed by atoms with van der Waals surface area (Å²) in [6.45, 7) is 5.20. The second kappa shape index (κ2) is 11.2. The first-order valence-electron chi connectivity index (χ1n) is 12.0. The van der Waals surface area contributed by atoms with Crippen LogP contribution in [-0.4, -0.2) is 62.4 Å². The van der Waals surface area contributed by atoms with Crippen LogP contribution >= 0.6 is 11.3 Å². The lowest BCUT2D eigenvalue weighted by Crippen LogP contribution is -2.33. The van der Waals surface area contributed by atoms with E-state index in [1.54, 1.807) is 13.8 Å². The lowest BCUT2D eigenvalue weighted by Gasteiger charge is -2.21. The Labute approximate surface area is 231 Å². The lowest BCUT2D eigenvalue weighted by atomic mass is 10.1. The van der Waals surface area contributed by atoms with E-state index in [1.807, 2.05) is 19.1 Å². The fraction of sp³-hybridized carbons (Fsp3) is 0.269. The second-order valence-electron chi connectivity index (χ2n) is 8.73. The van der Waals surface area contributed by atoms with Crippen molar-refractivity contribution in [1.29, 1.82) is 0 Å². The van der Waals surface area contributed by atoms with Crippen molar-refractivity contribution in [1.82, 2.24) is 29.9 Å². The molecule has 2 atom stereocenters. The van der Waals surface area contributed by atoms with Crippen LogP contribution in [0.25, 0.3) is 32.0 Å². The number of benzene rings is 1. The van der Waals surface area contributed by atoms with E-state index in [1.165, 1.54) is 50.2 Å². The summed E-state index contributed by atoms with van der Waals surface area (Å²) in [5, 5.41) is 3.12. The number of hydrogen-bond acceptors (Lipinski definition) is 12. The largest absolute Gasteiger partial charge is 0.480 e. The van der Waals surface area contributed by atoms with Crippen LogP contribution in [0.4, 0.5) is 14.9 Å². The number of aryl methyl sites for hydroxylation is 1. The van der Waals surface area contributed by atoms with E-state index in [4.69, 9.17) is 18.9 Å². The molecule has 14 heteroatoms. The van der Waals surface area contributed by atoms with Crippen molar-refractivity contribution >= 4 is 44.5 Å². The molecule has 206 valence electrons. The summed E-state index contributed by atoms with van der Waals surface area (Å²) < 4.78 is 36.1. The molecule has 0 unspecified atom stereocenters. The molecule has 5 rings (SSSR count). The number of anilines is 1. The Morgan fingerprint density at radius 2 is 1.73 bits per heavy atom. The smallest absolute Gasteiger partial charge is 0.412 e. The zero-order valence-electron chi connectivity index (χ0n) is 22.1. The molecule has 4 aromatic heterocycles. The van der Waals surface area contributed by atoms with Gasteiger partial charge in [0.25, 0.3) is 5.88 Å². The second-order valence-corrected chi connectivity index (χ2v) is 9.71. The topological polar surface area (TPSA) is 143 Å². The number of ether oxygens (including phenoxy) is 4. The number of pyridine rings is 1. The van der Waals surface area contributed by atoms with Gasteiger partial charge in [0, 0.05) is 11.6 Å². The SMILES string of the molecule is COc1cnc2c(-c3nc4cc(F)c(O[C@@H](C)[C@@H](C)OC(=O)Nc5cnc(OC)nc5)nc4s3)cc(C)cc2n1. The summed E-state index contributed by atoms with van der Waals surface area (Å²) in [7, 11) is 2.96. The molecule has 1 aromatic carbocycles. The average molecular weight is 566 g/mol. The van der Waals surface area contributed by atoms with E-state index in [2.05, 4.69) is 35.2 Å². The van der Waals surface area contributed by atoms with Crippen molar-refractivity contribution in [2.45, 2.75) is 33.0 Å². The van der Waals surface area contributed by atoms with Gasteiger partial charge in [-0.15, -0.1) is 0 Å². The number of aromatic nitrogens is 6. The Morgan fingerprint density at radius 3 is 2.45 bits per heavy atom. The van der Waals surface area contributed by atoms with E-state index in [0.717, 1.165) is 11.1 Å². The number of nitrogens with one attached hydrogen (secondary N) is 1. The fourth-order valence-corrected chi connectivity index (χ4v) is 4.63. The van der Waals surface area contributed by atoms with Gasteiger partial charge in [0.1, 0.15) is 27.6 Å². The van der Waals surface area contributed by atoms with Crippen molar-refractivity contribution in [3.8, 4) is 28.3 Å².